The van der Waals surface area contributed by atoms with E-state index in [0.29, 0.717) is 5.75 Å². The maximum Gasteiger partial charge on any atom is 0.354 e. The van der Waals surface area contributed by atoms with Crippen molar-refractivity contribution >= 4 is 12.0 Å². The van der Waals surface area contributed by atoms with Gasteiger partial charge in [0.2, 0.25) is 0 Å². The van der Waals surface area contributed by atoms with Crippen molar-refractivity contribution in [1.29, 1.82) is 5.26 Å². The first kappa shape index (κ1) is 14.3. The molecule has 0 fully saturated rings. The van der Waals surface area contributed by atoms with Crippen molar-refractivity contribution in [2.45, 2.75) is 0 Å². The van der Waals surface area contributed by atoms with E-state index in [1.54, 1.807) is 30.3 Å². The molecule has 0 atom stereocenters. The smallest absolute Gasteiger partial charge is 0.354 e. The van der Waals surface area contributed by atoms with Gasteiger partial charge in [-0.15, -0.1) is 0 Å². The molecule has 0 bridgehead atoms. The van der Waals surface area contributed by atoms with Crippen LogP contribution in [0.3, 0.4) is 0 Å². The Morgan fingerprint density at radius 3 is 2.24 bits per heavy atom. The Morgan fingerprint density at radius 1 is 1.00 bits per heavy atom. The van der Waals surface area contributed by atoms with Crippen LogP contribution in [0.5, 0.6) is 5.75 Å². The summed E-state index contributed by atoms with van der Waals surface area (Å²) in [5.41, 5.74) is 0.938. The maximum absolute atomic E-state index is 11.8. The molecular weight excluding hydrogens is 262 g/mol. The Balaban J connectivity index is 2.05. The molecule has 2 rings (SSSR count). The van der Waals surface area contributed by atoms with Crippen LogP contribution < -0.4 is 4.74 Å². The molecule has 0 unspecified atom stereocenters. The Hall–Kier alpha value is -3.12. The lowest BCUT2D eigenvalue weighted by Crippen LogP contribution is -2.09. The van der Waals surface area contributed by atoms with E-state index in [0.717, 1.165) is 5.56 Å². The molecule has 0 amide bonds. The van der Waals surface area contributed by atoms with Crippen molar-refractivity contribution in [3.8, 4) is 11.8 Å². The number of nitriles is 1. The van der Waals surface area contributed by atoms with Gasteiger partial charge in [0.15, 0.2) is 0 Å². The fourth-order valence-corrected chi connectivity index (χ4v) is 1.62. The van der Waals surface area contributed by atoms with Crippen molar-refractivity contribution in [2.75, 3.05) is 0 Å². The van der Waals surface area contributed by atoms with Gasteiger partial charge in [-0.3, -0.25) is 0 Å². The van der Waals surface area contributed by atoms with E-state index >= 15 is 0 Å². The van der Waals surface area contributed by atoms with Crippen LogP contribution in [0.25, 0.3) is 6.08 Å². The monoisotopic (exact) mass is 275 g/mol. The standard InChI is InChI=1S/C18H13NO2/c19-14-16(11-7-10-15-8-3-1-4-9-15)18(20)21-17-12-5-2-6-13-17/h1-13H/b10-7+,16-11+. The highest BCUT2D eigenvalue weighted by Gasteiger charge is 2.10. The summed E-state index contributed by atoms with van der Waals surface area (Å²) in [5, 5.41) is 9.02. The lowest BCUT2D eigenvalue weighted by atomic mass is 10.2. The molecule has 2 aromatic rings. The van der Waals surface area contributed by atoms with Crippen molar-refractivity contribution in [2.24, 2.45) is 0 Å². The van der Waals surface area contributed by atoms with Crippen LogP contribution in [0, 0.1) is 11.3 Å². The number of allylic oxidation sites excluding steroid dienone is 2. The molecule has 0 saturated carbocycles. The summed E-state index contributed by atoms with van der Waals surface area (Å²) >= 11 is 0. The number of para-hydroxylation sites is 1. The minimum absolute atomic E-state index is 0.0500. The quantitative estimate of drug-likeness (QED) is 0.281. The molecule has 0 aliphatic carbocycles. The largest absolute Gasteiger partial charge is 0.422 e. The molecule has 0 aliphatic rings. The van der Waals surface area contributed by atoms with Crippen molar-refractivity contribution < 1.29 is 9.53 Å². The summed E-state index contributed by atoms with van der Waals surface area (Å²) in [6, 6.07) is 20.1. The van der Waals surface area contributed by atoms with Crippen molar-refractivity contribution in [3.05, 3.63) is 84.0 Å². The Labute approximate surface area is 123 Å². The van der Waals surface area contributed by atoms with Gasteiger partial charge >= 0.3 is 5.97 Å². The van der Waals surface area contributed by atoms with Gasteiger partial charge in [0.25, 0.3) is 0 Å². The highest BCUT2D eigenvalue weighted by molar-refractivity contribution is 5.94. The summed E-state index contributed by atoms with van der Waals surface area (Å²) in [7, 11) is 0. The second-order valence-electron chi connectivity index (χ2n) is 4.16. The first-order valence-electron chi connectivity index (χ1n) is 6.40. The summed E-state index contributed by atoms with van der Waals surface area (Å²) in [4.78, 5) is 11.8. The Bertz CT molecular complexity index is 695. The lowest BCUT2D eigenvalue weighted by Gasteiger charge is -2.01. The van der Waals surface area contributed by atoms with Crippen molar-refractivity contribution in [3.63, 3.8) is 0 Å². The van der Waals surface area contributed by atoms with E-state index in [9.17, 15) is 4.79 Å². The van der Waals surface area contributed by atoms with Crippen LogP contribution in [-0.2, 0) is 4.79 Å². The van der Waals surface area contributed by atoms with Gasteiger partial charge in [0, 0.05) is 0 Å². The second-order valence-corrected chi connectivity index (χ2v) is 4.16. The molecule has 3 heteroatoms. The first-order chi connectivity index (χ1) is 10.3. The minimum atomic E-state index is -0.665. The highest BCUT2D eigenvalue weighted by Crippen LogP contribution is 2.11. The number of benzene rings is 2. The number of carbonyl (C=O) groups excluding carboxylic acids is 1. The van der Waals surface area contributed by atoms with E-state index < -0.39 is 5.97 Å². The third-order valence-corrected chi connectivity index (χ3v) is 2.65. The first-order valence-corrected chi connectivity index (χ1v) is 6.40. The third-order valence-electron chi connectivity index (χ3n) is 2.65. The van der Waals surface area contributed by atoms with E-state index in [4.69, 9.17) is 10.00 Å². The van der Waals surface area contributed by atoms with Gasteiger partial charge in [-0.25, -0.2) is 4.79 Å². The fourth-order valence-electron chi connectivity index (χ4n) is 1.62. The summed E-state index contributed by atoms with van der Waals surface area (Å²) in [6.07, 6.45) is 4.91. The third kappa shape index (κ3) is 4.48. The van der Waals surface area contributed by atoms with Crippen LogP contribution in [-0.4, -0.2) is 5.97 Å². The number of rotatable bonds is 4. The molecule has 0 saturated heterocycles. The highest BCUT2D eigenvalue weighted by atomic mass is 16.5. The molecule has 0 radical (unpaired) electrons. The molecule has 3 nitrogen and oxygen atoms in total. The molecule has 102 valence electrons. The average Bonchev–Trinajstić information content (AvgIpc) is 2.53. The van der Waals surface area contributed by atoms with Crippen LogP contribution in [0.2, 0.25) is 0 Å². The van der Waals surface area contributed by atoms with E-state index in [-0.39, 0.29) is 5.57 Å². The second kappa shape index (κ2) is 7.46. The van der Waals surface area contributed by atoms with Gasteiger partial charge in [0.1, 0.15) is 17.4 Å². The summed E-state index contributed by atoms with van der Waals surface area (Å²) < 4.78 is 5.11. The van der Waals surface area contributed by atoms with Gasteiger partial charge < -0.3 is 4.74 Å². The van der Waals surface area contributed by atoms with Crippen LogP contribution in [0.15, 0.2) is 78.4 Å². The van der Waals surface area contributed by atoms with E-state index in [1.807, 2.05) is 48.5 Å². The molecule has 2 aromatic carbocycles. The van der Waals surface area contributed by atoms with Crippen molar-refractivity contribution in [1.82, 2.24) is 0 Å². The molecule has 0 heterocycles. The number of ether oxygens (including phenoxy) is 1. The van der Waals surface area contributed by atoms with E-state index in [2.05, 4.69) is 0 Å². The number of hydrogen-bond acceptors (Lipinski definition) is 3. The van der Waals surface area contributed by atoms with Crippen LogP contribution in [0.1, 0.15) is 5.56 Å². The average molecular weight is 275 g/mol. The topological polar surface area (TPSA) is 50.1 Å². The van der Waals surface area contributed by atoms with Gasteiger partial charge in [-0.1, -0.05) is 60.7 Å². The maximum atomic E-state index is 11.8. The van der Waals surface area contributed by atoms with Crippen LogP contribution >= 0.6 is 0 Å². The van der Waals surface area contributed by atoms with E-state index in [1.165, 1.54) is 6.08 Å². The normalized spacial score (nSPS) is 11.1. The summed E-state index contributed by atoms with van der Waals surface area (Å²) in [5.74, 6) is -0.253. The number of hydrogen-bond donors (Lipinski definition) is 0. The molecule has 0 N–H and O–H groups in total. The Kier molecular flexibility index (Phi) is 5.08. The van der Waals surface area contributed by atoms with Gasteiger partial charge in [-0.05, 0) is 23.8 Å². The predicted octanol–water partition coefficient (Wildman–Crippen LogP) is 3.76. The predicted molar refractivity (Wildman–Crippen MR) is 81.2 cm³/mol. The molecule has 0 aliphatic heterocycles. The Morgan fingerprint density at radius 2 is 1.62 bits per heavy atom. The lowest BCUT2D eigenvalue weighted by molar-refractivity contribution is -0.129. The number of nitrogens with zero attached hydrogens (tertiary/aromatic N) is 1. The zero-order valence-corrected chi connectivity index (χ0v) is 11.3. The fraction of sp³-hybridized carbons (Fsp3) is 0. The molecular formula is C18H13NO2. The molecule has 0 aromatic heterocycles. The summed E-state index contributed by atoms with van der Waals surface area (Å²) in [6.45, 7) is 0. The van der Waals surface area contributed by atoms with Gasteiger partial charge in [0.05, 0.1) is 0 Å². The zero-order valence-electron chi connectivity index (χ0n) is 11.3. The number of carbonyl (C=O) groups is 1. The minimum Gasteiger partial charge on any atom is -0.422 e. The van der Waals surface area contributed by atoms with Crippen LogP contribution in [0.4, 0.5) is 0 Å². The molecule has 0 spiro atoms. The molecule has 21 heavy (non-hydrogen) atoms. The number of esters is 1. The SMILES string of the molecule is N#C/C(=C\C=C\c1ccccc1)C(=O)Oc1ccccc1. The van der Waals surface area contributed by atoms with Gasteiger partial charge in [-0.2, -0.15) is 5.26 Å². The zero-order chi connectivity index (χ0) is 14.9.